The minimum Gasteiger partial charge on any atom is -0.453 e. The van der Waals surface area contributed by atoms with Crippen LogP contribution in [0.2, 0.25) is 0 Å². The minimum atomic E-state index is -0.593. The maximum Gasteiger partial charge on any atom is 0.412 e. The molecule has 5 nitrogen and oxygen atoms in total. The molecular formula is C14H13N3O2. The lowest BCUT2D eigenvalue weighted by Crippen LogP contribution is -2.15. The van der Waals surface area contributed by atoms with Crippen molar-refractivity contribution in [3.8, 4) is 6.07 Å². The average molecular weight is 255 g/mol. The van der Waals surface area contributed by atoms with Crippen molar-refractivity contribution in [2.24, 2.45) is 0 Å². The van der Waals surface area contributed by atoms with Gasteiger partial charge in [0.1, 0.15) is 11.9 Å². The molecule has 0 radical (unpaired) electrons. The Bertz CT molecular complexity index is 611. The highest BCUT2D eigenvalue weighted by molar-refractivity contribution is 5.85. The van der Waals surface area contributed by atoms with Gasteiger partial charge in [0.2, 0.25) is 0 Å². The summed E-state index contributed by atoms with van der Waals surface area (Å²) in [5, 5.41) is 11.6. The Labute approximate surface area is 111 Å². The van der Waals surface area contributed by atoms with E-state index in [4.69, 9.17) is 5.26 Å². The van der Waals surface area contributed by atoms with Crippen LogP contribution >= 0.6 is 0 Å². The van der Waals surface area contributed by atoms with Gasteiger partial charge in [-0.2, -0.15) is 5.26 Å². The summed E-state index contributed by atoms with van der Waals surface area (Å²) >= 11 is 0. The van der Waals surface area contributed by atoms with Crippen LogP contribution in [-0.4, -0.2) is 17.8 Å². The molecule has 0 spiro atoms. The van der Waals surface area contributed by atoms with Crippen molar-refractivity contribution in [1.29, 1.82) is 5.26 Å². The zero-order chi connectivity index (χ0) is 13.7. The fraction of sp³-hybridized carbons (Fsp3) is 0.143. The van der Waals surface area contributed by atoms with Crippen molar-refractivity contribution in [3.63, 3.8) is 0 Å². The number of carbonyl (C=O) groups is 1. The fourth-order valence-corrected chi connectivity index (χ4v) is 1.76. The maximum atomic E-state index is 11.3. The molecule has 0 atom stereocenters. The highest BCUT2D eigenvalue weighted by atomic mass is 16.5. The minimum absolute atomic E-state index is 0.404. The fourth-order valence-electron chi connectivity index (χ4n) is 1.76. The molecule has 0 aliphatic heterocycles. The van der Waals surface area contributed by atoms with E-state index in [-0.39, 0.29) is 0 Å². The third kappa shape index (κ3) is 2.93. The van der Waals surface area contributed by atoms with E-state index in [1.165, 1.54) is 7.11 Å². The summed E-state index contributed by atoms with van der Waals surface area (Å²) in [6.07, 6.45) is 1.17. The second kappa shape index (κ2) is 5.74. The van der Waals surface area contributed by atoms with Gasteiger partial charge in [0.25, 0.3) is 0 Å². The second-order valence-electron chi connectivity index (χ2n) is 3.92. The lowest BCUT2D eigenvalue weighted by molar-refractivity contribution is 0.186. The van der Waals surface area contributed by atoms with Gasteiger partial charge in [-0.25, -0.2) is 4.79 Å². The van der Waals surface area contributed by atoms with Crippen LogP contribution in [0.4, 0.5) is 10.6 Å². The number of ether oxygens (including phenoxy) is 1. The summed E-state index contributed by atoms with van der Waals surface area (Å²) < 4.78 is 6.35. The number of hydrogen-bond acceptors (Lipinski definition) is 3. The normalized spacial score (nSPS) is 9.68. The zero-order valence-electron chi connectivity index (χ0n) is 10.5. The van der Waals surface area contributed by atoms with Crippen molar-refractivity contribution in [2.75, 3.05) is 12.4 Å². The maximum absolute atomic E-state index is 11.3. The summed E-state index contributed by atoms with van der Waals surface area (Å²) in [4.78, 5) is 11.3. The van der Waals surface area contributed by atoms with E-state index in [1.807, 2.05) is 36.4 Å². The standard InChI is InChI=1S/C14H13N3O2/c1-19-14(18)16-13-12(9-15)7-8-17(13)10-11-5-3-2-4-6-11/h2-8H,10H2,1H3,(H,16,18). The van der Waals surface area contributed by atoms with Crippen molar-refractivity contribution < 1.29 is 9.53 Å². The average Bonchev–Trinajstić information content (AvgIpc) is 2.82. The Morgan fingerprint density at radius 1 is 1.37 bits per heavy atom. The van der Waals surface area contributed by atoms with Crippen LogP contribution in [0.3, 0.4) is 0 Å². The first-order chi connectivity index (χ1) is 9.24. The Balaban J connectivity index is 2.28. The predicted octanol–water partition coefficient (Wildman–Crippen LogP) is 2.59. The number of carbonyl (C=O) groups excluding carboxylic acids is 1. The quantitative estimate of drug-likeness (QED) is 0.916. The molecule has 5 heteroatoms. The number of nitriles is 1. The zero-order valence-corrected chi connectivity index (χ0v) is 10.5. The van der Waals surface area contributed by atoms with Crippen LogP contribution in [-0.2, 0) is 11.3 Å². The molecule has 0 saturated heterocycles. The first-order valence-corrected chi connectivity index (χ1v) is 5.72. The topological polar surface area (TPSA) is 67.0 Å². The van der Waals surface area contributed by atoms with Gasteiger partial charge in [0.15, 0.2) is 0 Å². The molecule has 2 aromatic rings. The van der Waals surface area contributed by atoms with Gasteiger partial charge in [0.05, 0.1) is 12.7 Å². The van der Waals surface area contributed by atoms with E-state index < -0.39 is 6.09 Å². The van der Waals surface area contributed by atoms with Crippen molar-refractivity contribution >= 4 is 11.9 Å². The molecule has 0 bridgehead atoms. The Morgan fingerprint density at radius 3 is 2.74 bits per heavy atom. The third-order valence-corrected chi connectivity index (χ3v) is 2.69. The summed E-state index contributed by atoms with van der Waals surface area (Å²) in [5.74, 6) is 0.443. The van der Waals surface area contributed by atoms with Gasteiger partial charge in [-0.3, -0.25) is 5.32 Å². The molecule has 1 heterocycles. The lowest BCUT2D eigenvalue weighted by atomic mass is 10.2. The number of nitrogens with zero attached hydrogens (tertiary/aromatic N) is 2. The van der Waals surface area contributed by atoms with Crippen LogP contribution in [0.15, 0.2) is 42.6 Å². The Morgan fingerprint density at radius 2 is 2.11 bits per heavy atom. The van der Waals surface area contributed by atoms with Crippen molar-refractivity contribution in [2.45, 2.75) is 6.54 Å². The summed E-state index contributed by atoms with van der Waals surface area (Å²) in [7, 11) is 1.28. The molecule has 96 valence electrons. The second-order valence-corrected chi connectivity index (χ2v) is 3.92. The number of nitrogens with one attached hydrogen (secondary N) is 1. The Hall–Kier alpha value is -2.74. The van der Waals surface area contributed by atoms with E-state index in [9.17, 15) is 4.79 Å². The lowest BCUT2D eigenvalue weighted by Gasteiger charge is -2.10. The number of methoxy groups -OCH3 is 1. The van der Waals surface area contributed by atoms with Crippen LogP contribution in [0.5, 0.6) is 0 Å². The molecule has 0 saturated carbocycles. The van der Waals surface area contributed by atoms with Crippen LogP contribution in [0, 0.1) is 11.3 Å². The molecule has 19 heavy (non-hydrogen) atoms. The molecule has 0 fully saturated rings. The summed E-state index contributed by atoms with van der Waals surface area (Å²) in [6, 6.07) is 13.5. The van der Waals surface area contributed by atoms with Gasteiger partial charge in [-0.05, 0) is 11.6 Å². The van der Waals surface area contributed by atoms with E-state index in [1.54, 1.807) is 16.8 Å². The van der Waals surface area contributed by atoms with Gasteiger partial charge < -0.3 is 9.30 Å². The van der Waals surface area contributed by atoms with Crippen LogP contribution < -0.4 is 5.32 Å². The molecule has 1 N–H and O–H groups in total. The number of benzene rings is 1. The first kappa shape index (κ1) is 12.7. The smallest absolute Gasteiger partial charge is 0.412 e. The van der Waals surface area contributed by atoms with Crippen LogP contribution in [0.25, 0.3) is 0 Å². The van der Waals surface area contributed by atoms with Gasteiger partial charge in [-0.1, -0.05) is 30.3 Å². The first-order valence-electron chi connectivity index (χ1n) is 5.72. The van der Waals surface area contributed by atoms with E-state index >= 15 is 0 Å². The van der Waals surface area contributed by atoms with Crippen LogP contribution in [0.1, 0.15) is 11.1 Å². The number of rotatable bonds is 3. The van der Waals surface area contributed by atoms with Gasteiger partial charge in [-0.15, -0.1) is 0 Å². The molecule has 0 aliphatic carbocycles. The SMILES string of the molecule is COC(=O)Nc1c(C#N)ccn1Cc1ccccc1. The highest BCUT2D eigenvalue weighted by Crippen LogP contribution is 2.18. The molecule has 0 unspecified atom stereocenters. The molecule has 1 amide bonds. The number of amides is 1. The van der Waals surface area contributed by atoms with Crippen molar-refractivity contribution in [1.82, 2.24) is 4.57 Å². The van der Waals surface area contributed by atoms with Gasteiger partial charge >= 0.3 is 6.09 Å². The summed E-state index contributed by atoms with van der Waals surface area (Å²) in [6.45, 7) is 0.571. The van der Waals surface area contributed by atoms with E-state index in [0.717, 1.165) is 5.56 Å². The predicted molar refractivity (Wildman–Crippen MR) is 70.7 cm³/mol. The third-order valence-electron chi connectivity index (χ3n) is 2.69. The number of aromatic nitrogens is 1. The highest BCUT2D eigenvalue weighted by Gasteiger charge is 2.12. The summed E-state index contributed by atoms with van der Waals surface area (Å²) in [5.41, 5.74) is 1.48. The number of hydrogen-bond donors (Lipinski definition) is 1. The Kier molecular flexibility index (Phi) is 3.84. The van der Waals surface area contributed by atoms with E-state index in [2.05, 4.69) is 10.1 Å². The molecule has 1 aromatic carbocycles. The molecular weight excluding hydrogens is 242 g/mol. The number of anilines is 1. The molecule has 1 aromatic heterocycles. The molecule has 0 aliphatic rings. The van der Waals surface area contributed by atoms with E-state index in [0.29, 0.717) is 17.9 Å². The van der Waals surface area contributed by atoms with Gasteiger partial charge in [0, 0.05) is 12.7 Å². The molecule has 2 rings (SSSR count). The van der Waals surface area contributed by atoms with Crippen molar-refractivity contribution in [3.05, 3.63) is 53.7 Å². The monoisotopic (exact) mass is 255 g/mol. The largest absolute Gasteiger partial charge is 0.453 e.